The van der Waals surface area contributed by atoms with Gasteiger partial charge in [-0.2, -0.15) is 0 Å². The molecular formula is C12H14N4O3S. The molecule has 0 aliphatic rings. The van der Waals surface area contributed by atoms with E-state index in [2.05, 4.69) is 20.5 Å². The van der Waals surface area contributed by atoms with Gasteiger partial charge in [-0.1, -0.05) is 19.9 Å². The number of nitrogens with zero attached hydrogens (tertiary/aromatic N) is 2. The van der Waals surface area contributed by atoms with Crippen LogP contribution in [0.15, 0.2) is 17.5 Å². The molecule has 2 aromatic rings. The van der Waals surface area contributed by atoms with Crippen LogP contribution in [0.2, 0.25) is 0 Å². The molecule has 20 heavy (non-hydrogen) atoms. The van der Waals surface area contributed by atoms with Crippen LogP contribution < -0.4 is 5.32 Å². The summed E-state index contributed by atoms with van der Waals surface area (Å²) in [4.78, 5) is 27.8. The quantitative estimate of drug-likeness (QED) is 0.775. The molecular weight excluding hydrogens is 280 g/mol. The standard InChI is InChI=1S/C12H14N4O3S/c1-6(2)9-14-10(16-15-9)11(17)13-8(12(18)19)7-4-3-5-20-7/h3-6,8H,1-2H3,(H,13,17)(H,18,19)(H,14,15,16). The van der Waals surface area contributed by atoms with Gasteiger partial charge in [0.1, 0.15) is 5.82 Å². The maximum atomic E-state index is 12.0. The Morgan fingerprint density at radius 3 is 2.70 bits per heavy atom. The Bertz CT molecular complexity index is 606. The highest BCUT2D eigenvalue weighted by Crippen LogP contribution is 2.19. The Morgan fingerprint density at radius 2 is 2.20 bits per heavy atom. The van der Waals surface area contributed by atoms with Crippen molar-refractivity contribution in [1.82, 2.24) is 20.5 Å². The van der Waals surface area contributed by atoms with Crippen LogP contribution in [0.5, 0.6) is 0 Å². The van der Waals surface area contributed by atoms with E-state index < -0.39 is 17.9 Å². The summed E-state index contributed by atoms with van der Waals surface area (Å²) in [6.07, 6.45) is 0. The molecule has 7 nitrogen and oxygen atoms in total. The molecule has 3 N–H and O–H groups in total. The number of carboxylic acid groups (broad SMARTS) is 1. The van der Waals surface area contributed by atoms with Gasteiger partial charge in [0.2, 0.25) is 5.82 Å². The van der Waals surface area contributed by atoms with Crippen molar-refractivity contribution in [1.29, 1.82) is 0 Å². The maximum absolute atomic E-state index is 12.0. The van der Waals surface area contributed by atoms with Crippen LogP contribution in [0, 0.1) is 0 Å². The summed E-state index contributed by atoms with van der Waals surface area (Å²) < 4.78 is 0. The summed E-state index contributed by atoms with van der Waals surface area (Å²) in [6, 6.07) is 2.29. The van der Waals surface area contributed by atoms with Gasteiger partial charge in [-0.15, -0.1) is 16.4 Å². The fourth-order valence-electron chi connectivity index (χ4n) is 1.54. The molecule has 0 spiro atoms. The van der Waals surface area contributed by atoms with Gasteiger partial charge in [0.05, 0.1) is 0 Å². The minimum Gasteiger partial charge on any atom is -0.479 e. The lowest BCUT2D eigenvalue weighted by atomic mass is 10.2. The third-order valence-corrected chi connectivity index (χ3v) is 3.54. The van der Waals surface area contributed by atoms with Gasteiger partial charge in [0.25, 0.3) is 5.91 Å². The number of aromatic amines is 1. The van der Waals surface area contributed by atoms with E-state index in [4.69, 9.17) is 0 Å². The molecule has 0 aliphatic carbocycles. The summed E-state index contributed by atoms with van der Waals surface area (Å²) in [5, 5.41) is 19.8. The van der Waals surface area contributed by atoms with Crippen molar-refractivity contribution < 1.29 is 14.7 Å². The van der Waals surface area contributed by atoms with Crippen molar-refractivity contribution >= 4 is 23.2 Å². The van der Waals surface area contributed by atoms with Gasteiger partial charge in [-0.3, -0.25) is 9.89 Å². The number of carbonyl (C=O) groups is 2. The van der Waals surface area contributed by atoms with Gasteiger partial charge in [0.15, 0.2) is 6.04 Å². The summed E-state index contributed by atoms with van der Waals surface area (Å²) in [7, 11) is 0. The lowest BCUT2D eigenvalue weighted by molar-refractivity contribution is -0.139. The number of amides is 1. The molecule has 106 valence electrons. The lowest BCUT2D eigenvalue weighted by Crippen LogP contribution is -2.33. The molecule has 1 amide bonds. The first-order valence-corrected chi connectivity index (χ1v) is 6.86. The normalized spacial score (nSPS) is 12.3. The Balaban J connectivity index is 2.14. The second-order valence-electron chi connectivity index (χ2n) is 4.46. The minimum atomic E-state index is -1.12. The lowest BCUT2D eigenvalue weighted by Gasteiger charge is -2.11. The Labute approximate surface area is 119 Å². The van der Waals surface area contributed by atoms with Crippen LogP contribution >= 0.6 is 11.3 Å². The molecule has 0 saturated carbocycles. The smallest absolute Gasteiger partial charge is 0.331 e. The topological polar surface area (TPSA) is 108 Å². The SMILES string of the molecule is CC(C)c1nc(C(=O)NC(C(=O)O)c2cccs2)n[nH]1. The Morgan fingerprint density at radius 1 is 1.45 bits per heavy atom. The highest BCUT2D eigenvalue weighted by Gasteiger charge is 2.25. The van der Waals surface area contributed by atoms with Crippen molar-refractivity contribution in [2.75, 3.05) is 0 Å². The molecule has 0 aliphatic heterocycles. The van der Waals surface area contributed by atoms with Crippen molar-refractivity contribution in [2.24, 2.45) is 0 Å². The third kappa shape index (κ3) is 3.02. The number of aliphatic carboxylic acids is 1. The average Bonchev–Trinajstić information content (AvgIpc) is 3.05. The average molecular weight is 294 g/mol. The van der Waals surface area contributed by atoms with E-state index >= 15 is 0 Å². The number of rotatable bonds is 5. The number of carbonyl (C=O) groups excluding carboxylic acids is 1. The maximum Gasteiger partial charge on any atom is 0.331 e. The largest absolute Gasteiger partial charge is 0.479 e. The third-order valence-electron chi connectivity index (χ3n) is 2.60. The molecule has 0 saturated heterocycles. The minimum absolute atomic E-state index is 0.0588. The molecule has 2 rings (SSSR count). The van der Waals surface area contributed by atoms with E-state index in [1.807, 2.05) is 13.8 Å². The van der Waals surface area contributed by atoms with E-state index in [9.17, 15) is 14.7 Å². The molecule has 8 heteroatoms. The van der Waals surface area contributed by atoms with Crippen molar-refractivity contribution in [3.63, 3.8) is 0 Å². The zero-order valence-corrected chi connectivity index (χ0v) is 11.8. The highest BCUT2D eigenvalue weighted by molar-refractivity contribution is 7.10. The molecule has 0 radical (unpaired) electrons. The molecule has 2 heterocycles. The number of carboxylic acids is 1. The molecule has 1 unspecified atom stereocenters. The number of thiophene rings is 1. The monoisotopic (exact) mass is 294 g/mol. The van der Waals surface area contributed by atoms with Gasteiger partial charge in [-0.25, -0.2) is 9.78 Å². The van der Waals surface area contributed by atoms with E-state index in [0.29, 0.717) is 10.7 Å². The molecule has 0 fully saturated rings. The van der Waals surface area contributed by atoms with Crippen LogP contribution in [0.25, 0.3) is 0 Å². The fraction of sp³-hybridized carbons (Fsp3) is 0.333. The highest BCUT2D eigenvalue weighted by atomic mass is 32.1. The second-order valence-corrected chi connectivity index (χ2v) is 5.44. The van der Waals surface area contributed by atoms with Crippen LogP contribution in [-0.4, -0.2) is 32.2 Å². The number of hydrogen-bond acceptors (Lipinski definition) is 5. The first kappa shape index (κ1) is 14.2. The summed E-state index contributed by atoms with van der Waals surface area (Å²) in [6.45, 7) is 3.82. The number of nitrogens with one attached hydrogen (secondary N) is 2. The second kappa shape index (κ2) is 5.83. The summed E-state index contributed by atoms with van der Waals surface area (Å²) in [5.74, 6) is -1.11. The Kier molecular flexibility index (Phi) is 4.14. The van der Waals surface area contributed by atoms with E-state index in [1.165, 1.54) is 11.3 Å². The first-order chi connectivity index (χ1) is 9.49. The van der Waals surface area contributed by atoms with Gasteiger partial charge < -0.3 is 10.4 Å². The van der Waals surface area contributed by atoms with E-state index in [0.717, 1.165) is 0 Å². The molecule has 0 bridgehead atoms. The predicted molar refractivity (Wildman–Crippen MR) is 72.6 cm³/mol. The number of aromatic nitrogens is 3. The molecule has 2 aromatic heterocycles. The van der Waals surface area contributed by atoms with Crippen LogP contribution in [0.3, 0.4) is 0 Å². The van der Waals surface area contributed by atoms with Gasteiger partial charge in [0, 0.05) is 10.8 Å². The van der Waals surface area contributed by atoms with E-state index in [1.54, 1.807) is 17.5 Å². The van der Waals surface area contributed by atoms with Crippen molar-refractivity contribution in [2.45, 2.75) is 25.8 Å². The van der Waals surface area contributed by atoms with Gasteiger partial charge >= 0.3 is 5.97 Å². The summed E-state index contributed by atoms with van der Waals surface area (Å²) in [5.41, 5.74) is 0. The number of H-pyrrole nitrogens is 1. The van der Waals surface area contributed by atoms with Crippen LogP contribution in [0.1, 0.15) is 47.1 Å². The first-order valence-electron chi connectivity index (χ1n) is 5.98. The molecule has 1 atom stereocenters. The number of hydrogen-bond donors (Lipinski definition) is 3. The van der Waals surface area contributed by atoms with Crippen LogP contribution in [-0.2, 0) is 4.79 Å². The molecule has 0 aromatic carbocycles. The Hall–Kier alpha value is -2.22. The predicted octanol–water partition coefficient (Wildman–Crippen LogP) is 1.55. The van der Waals surface area contributed by atoms with Crippen molar-refractivity contribution in [3.8, 4) is 0 Å². The van der Waals surface area contributed by atoms with Gasteiger partial charge in [-0.05, 0) is 11.4 Å². The zero-order chi connectivity index (χ0) is 14.7. The zero-order valence-electron chi connectivity index (χ0n) is 11.0. The van der Waals surface area contributed by atoms with Crippen LogP contribution in [0.4, 0.5) is 0 Å². The van der Waals surface area contributed by atoms with E-state index in [-0.39, 0.29) is 11.7 Å². The fourth-order valence-corrected chi connectivity index (χ4v) is 2.31. The summed E-state index contributed by atoms with van der Waals surface area (Å²) >= 11 is 1.26. The van der Waals surface area contributed by atoms with Crippen molar-refractivity contribution in [3.05, 3.63) is 34.0 Å².